The molecule has 0 bridgehead atoms. The summed E-state index contributed by atoms with van der Waals surface area (Å²) in [6, 6.07) is 16.1. The minimum Gasteiger partial charge on any atom is -0.320 e. The highest BCUT2D eigenvalue weighted by atomic mass is 35.5. The lowest BCUT2D eigenvalue weighted by atomic mass is 10.0. The summed E-state index contributed by atoms with van der Waals surface area (Å²) in [5.41, 5.74) is 4.19. The molecular formula is C27H25Cl2N5O3S. The third-order valence-electron chi connectivity index (χ3n) is 6.02. The monoisotopic (exact) mass is 569 g/mol. The molecule has 38 heavy (non-hydrogen) atoms. The fourth-order valence-corrected chi connectivity index (χ4v) is 5.21. The van der Waals surface area contributed by atoms with E-state index in [1.807, 2.05) is 35.8 Å². The number of para-hydroxylation sites is 1. The van der Waals surface area contributed by atoms with Crippen molar-refractivity contribution in [3.8, 4) is 17.1 Å². The second-order valence-electron chi connectivity index (χ2n) is 9.03. The van der Waals surface area contributed by atoms with Gasteiger partial charge < -0.3 is 5.32 Å². The highest BCUT2D eigenvalue weighted by Gasteiger charge is 2.23. The predicted molar refractivity (Wildman–Crippen MR) is 153 cm³/mol. The number of hydrogen-bond acceptors (Lipinski definition) is 6. The number of nitro benzene ring substituents is 1. The molecule has 1 aromatic heterocycles. The van der Waals surface area contributed by atoms with Gasteiger partial charge >= 0.3 is 0 Å². The molecule has 8 nitrogen and oxygen atoms in total. The minimum absolute atomic E-state index is 0.0413. The lowest BCUT2D eigenvalue weighted by Gasteiger charge is -2.17. The zero-order valence-electron chi connectivity index (χ0n) is 21.2. The number of carbonyl (C=O) groups is 1. The molecule has 4 aromatic rings. The van der Waals surface area contributed by atoms with E-state index in [1.165, 1.54) is 17.8 Å². The fraction of sp³-hybridized carbons (Fsp3) is 0.222. The molecule has 0 fully saturated rings. The van der Waals surface area contributed by atoms with Gasteiger partial charge in [0.2, 0.25) is 5.91 Å². The minimum atomic E-state index is -0.503. The number of thioether (sulfide) groups is 1. The van der Waals surface area contributed by atoms with Crippen LogP contribution in [0.15, 0.2) is 59.8 Å². The summed E-state index contributed by atoms with van der Waals surface area (Å²) in [7, 11) is 0. The summed E-state index contributed by atoms with van der Waals surface area (Å²) in [4.78, 5) is 23.9. The lowest BCUT2D eigenvalue weighted by molar-refractivity contribution is -0.384. The molecule has 0 aliphatic carbocycles. The molecule has 0 aliphatic rings. The number of nitrogens with zero attached hydrogens (tertiary/aromatic N) is 4. The van der Waals surface area contributed by atoms with Crippen LogP contribution in [0.4, 0.5) is 11.4 Å². The van der Waals surface area contributed by atoms with Crippen LogP contribution in [0.5, 0.6) is 0 Å². The van der Waals surface area contributed by atoms with Crippen LogP contribution >= 0.6 is 35.0 Å². The largest absolute Gasteiger partial charge is 0.320 e. The molecule has 1 N–H and O–H groups in total. The molecule has 11 heteroatoms. The molecule has 0 spiro atoms. The van der Waals surface area contributed by atoms with Gasteiger partial charge in [0.05, 0.1) is 21.4 Å². The Morgan fingerprint density at radius 3 is 2.47 bits per heavy atom. The maximum Gasteiger partial charge on any atom is 0.293 e. The zero-order chi connectivity index (χ0) is 27.6. The molecule has 1 amide bonds. The number of hydrogen-bond donors (Lipinski definition) is 1. The Hall–Kier alpha value is -3.40. The summed E-state index contributed by atoms with van der Waals surface area (Å²) in [5.74, 6) is 0.264. The van der Waals surface area contributed by atoms with Crippen molar-refractivity contribution in [1.29, 1.82) is 0 Å². The van der Waals surface area contributed by atoms with E-state index in [9.17, 15) is 14.9 Å². The van der Waals surface area contributed by atoms with Gasteiger partial charge in [-0.3, -0.25) is 19.5 Å². The number of carbonyl (C=O) groups excluding carboxylic acids is 1. The molecular weight excluding hydrogens is 545 g/mol. The van der Waals surface area contributed by atoms with E-state index in [0.29, 0.717) is 26.6 Å². The number of halogens is 2. The van der Waals surface area contributed by atoms with Crippen LogP contribution in [-0.2, 0) is 4.79 Å². The number of aryl methyl sites for hydroxylation is 2. The van der Waals surface area contributed by atoms with Crippen molar-refractivity contribution in [1.82, 2.24) is 14.8 Å². The number of amides is 1. The van der Waals surface area contributed by atoms with Crippen molar-refractivity contribution in [2.45, 2.75) is 38.8 Å². The molecule has 0 atom stereocenters. The lowest BCUT2D eigenvalue weighted by Crippen LogP contribution is -2.16. The van der Waals surface area contributed by atoms with E-state index >= 15 is 0 Å². The van der Waals surface area contributed by atoms with Crippen molar-refractivity contribution >= 4 is 52.2 Å². The molecule has 0 saturated carbocycles. The molecule has 4 rings (SSSR count). The van der Waals surface area contributed by atoms with Crippen molar-refractivity contribution in [3.63, 3.8) is 0 Å². The highest BCUT2D eigenvalue weighted by molar-refractivity contribution is 7.99. The first-order valence-electron chi connectivity index (χ1n) is 11.7. The van der Waals surface area contributed by atoms with Crippen LogP contribution in [0.2, 0.25) is 10.0 Å². The van der Waals surface area contributed by atoms with Gasteiger partial charge in [-0.05, 0) is 66.8 Å². The smallest absolute Gasteiger partial charge is 0.293 e. The maximum absolute atomic E-state index is 12.9. The second-order valence-corrected chi connectivity index (χ2v) is 10.8. The van der Waals surface area contributed by atoms with E-state index in [-0.39, 0.29) is 23.0 Å². The Morgan fingerprint density at radius 1 is 1.08 bits per heavy atom. The van der Waals surface area contributed by atoms with Gasteiger partial charge in [0, 0.05) is 16.7 Å². The second kappa shape index (κ2) is 11.6. The van der Waals surface area contributed by atoms with E-state index in [0.717, 1.165) is 22.4 Å². The number of aromatic nitrogens is 3. The predicted octanol–water partition coefficient (Wildman–Crippen LogP) is 7.62. The number of nitro groups is 1. The van der Waals surface area contributed by atoms with Crippen LogP contribution < -0.4 is 5.32 Å². The molecule has 0 saturated heterocycles. The standard InChI is InChI=1S/C27H25Cl2N5O3S/c1-15(2)19-7-5-6-8-23(19)33-26(20-10-9-18(28)13-21(20)29)31-32-27(33)38-14-25(35)30-22-11-16(3)17(4)12-24(22)34(36)37/h5-13,15H,14H2,1-4H3,(H,30,35). The van der Waals surface area contributed by atoms with Gasteiger partial charge in [0.25, 0.3) is 5.69 Å². The quantitative estimate of drug-likeness (QED) is 0.133. The number of benzene rings is 3. The first-order chi connectivity index (χ1) is 18.1. The Kier molecular flexibility index (Phi) is 8.40. The molecule has 3 aromatic carbocycles. The van der Waals surface area contributed by atoms with Crippen molar-refractivity contribution < 1.29 is 9.72 Å². The Balaban J connectivity index is 1.70. The fourth-order valence-electron chi connectivity index (χ4n) is 3.97. The molecule has 0 unspecified atom stereocenters. The van der Waals surface area contributed by atoms with Gasteiger partial charge in [-0.2, -0.15) is 0 Å². The Labute approximate surface area is 234 Å². The van der Waals surface area contributed by atoms with Gasteiger partial charge in [-0.15, -0.1) is 10.2 Å². The zero-order valence-corrected chi connectivity index (χ0v) is 23.5. The summed E-state index contributed by atoms with van der Waals surface area (Å²) in [5, 5.41) is 24.4. The first kappa shape index (κ1) is 27.6. The summed E-state index contributed by atoms with van der Waals surface area (Å²) in [6.07, 6.45) is 0. The van der Waals surface area contributed by atoms with Gasteiger partial charge in [-0.25, -0.2) is 0 Å². The Morgan fingerprint density at radius 2 is 1.79 bits per heavy atom. The SMILES string of the molecule is Cc1cc(NC(=O)CSc2nnc(-c3ccc(Cl)cc3Cl)n2-c2ccccc2C(C)C)c([N+](=O)[O-])cc1C. The number of anilines is 1. The van der Waals surface area contributed by atoms with Gasteiger partial charge in [-0.1, -0.05) is 67.0 Å². The third kappa shape index (κ3) is 5.85. The van der Waals surface area contributed by atoms with E-state index < -0.39 is 10.8 Å². The average molecular weight is 571 g/mol. The van der Waals surface area contributed by atoms with Crippen LogP contribution in [0, 0.1) is 24.0 Å². The summed E-state index contributed by atoms with van der Waals surface area (Å²) in [6.45, 7) is 7.81. The molecule has 196 valence electrons. The third-order valence-corrected chi connectivity index (χ3v) is 7.50. The number of rotatable bonds is 8. The van der Waals surface area contributed by atoms with E-state index in [2.05, 4.69) is 29.4 Å². The highest BCUT2D eigenvalue weighted by Crippen LogP contribution is 2.36. The average Bonchev–Trinajstić information content (AvgIpc) is 3.28. The molecule has 1 heterocycles. The maximum atomic E-state index is 12.9. The van der Waals surface area contributed by atoms with E-state index in [1.54, 1.807) is 31.2 Å². The van der Waals surface area contributed by atoms with Crippen LogP contribution in [0.3, 0.4) is 0 Å². The van der Waals surface area contributed by atoms with Crippen LogP contribution in [0.25, 0.3) is 17.1 Å². The summed E-state index contributed by atoms with van der Waals surface area (Å²) < 4.78 is 1.88. The van der Waals surface area contributed by atoms with Crippen molar-refractivity contribution in [2.24, 2.45) is 0 Å². The van der Waals surface area contributed by atoms with Crippen molar-refractivity contribution in [3.05, 3.63) is 91.4 Å². The van der Waals surface area contributed by atoms with Crippen LogP contribution in [-0.4, -0.2) is 31.3 Å². The van der Waals surface area contributed by atoms with Crippen molar-refractivity contribution in [2.75, 3.05) is 11.1 Å². The van der Waals surface area contributed by atoms with E-state index in [4.69, 9.17) is 23.2 Å². The summed E-state index contributed by atoms with van der Waals surface area (Å²) >= 11 is 13.8. The topological polar surface area (TPSA) is 103 Å². The van der Waals surface area contributed by atoms with Gasteiger partial charge in [0.1, 0.15) is 5.69 Å². The molecule has 0 radical (unpaired) electrons. The first-order valence-corrected chi connectivity index (χ1v) is 13.5. The molecule has 0 aliphatic heterocycles. The Bertz CT molecular complexity index is 1540. The van der Waals surface area contributed by atoms with Gasteiger partial charge in [0.15, 0.2) is 11.0 Å². The number of nitrogens with one attached hydrogen (secondary N) is 1. The normalized spacial score (nSPS) is 11.1. The van der Waals surface area contributed by atoms with Crippen LogP contribution in [0.1, 0.15) is 36.5 Å².